The van der Waals surface area contributed by atoms with Crippen LogP contribution in [0.15, 0.2) is 36.5 Å². The summed E-state index contributed by atoms with van der Waals surface area (Å²) in [6.45, 7) is 0.752. The number of hydrogen-bond donors (Lipinski definition) is 1. The molecule has 0 saturated heterocycles. The van der Waals surface area contributed by atoms with Crippen LogP contribution in [0.25, 0.3) is 10.8 Å². The summed E-state index contributed by atoms with van der Waals surface area (Å²) in [5.74, 6) is -0.0670. The molecule has 0 spiro atoms. The number of pyridine rings is 1. The molecular formula is C16H17BrN2O. The van der Waals surface area contributed by atoms with Crippen molar-refractivity contribution >= 4 is 32.6 Å². The molecular weight excluding hydrogens is 316 g/mol. The highest BCUT2D eigenvalue weighted by molar-refractivity contribution is 9.09. The van der Waals surface area contributed by atoms with Gasteiger partial charge in [-0.15, -0.1) is 0 Å². The Morgan fingerprint density at radius 2 is 2.10 bits per heavy atom. The minimum atomic E-state index is -0.0670. The zero-order valence-electron chi connectivity index (χ0n) is 11.2. The van der Waals surface area contributed by atoms with Gasteiger partial charge < -0.3 is 5.32 Å². The Morgan fingerprint density at radius 3 is 2.85 bits per heavy atom. The van der Waals surface area contributed by atoms with Crippen LogP contribution in [0.4, 0.5) is 0 Å². The van der Waals surface area contributed by atoms with Crippen LogP contribution >= 0.6 is 15.9 Å². The van der Waals surface area contributed by atoms with E-state index in [0.717, 1.165) is 29.1 Å². The summed E-state index contributed by atoms with van der Waals surface area (Å²) in [6, 6.07) is 9.79. The third-order valence-electron chi connectivity index (χ3n) is 4.09. The van der Waals surface area contributed by atoms with Gasteiger partial charge in [-0.05, 0) is 36.1 Å². The molecule has 1 aliphatic rings. The van der Waals surface area contributed by atoms with Crippen molar-refractivity contribution in [2.75, 3.05) is 11.9 Å². The standard InChI is InChI=1S/C16H17BrN2O/c17-9-8-16(6-7-16)11-19-15(20)14-13-4-2-1-3-12(13)5-10-18-14/h1-5,10H,6-9,11H2,(H,19,20). The molecule has 0 aliphatic heterocycles. The van der Waals surface area contributed by atoms with Crippen molar-refractivity contribution in [3.8, 4) is 0 Å². The van der Waals surface area contributed by atoms with Gasteiger partial charge in [-0.1, -0.05) is 40.2 Å². The summed E-state index contributed by atoms with van der Waals surface area (Å²) >= 11 is 3.48. The fourth-order valence-corrected chi connectivity index (χ4v) is 3.39. The Morgan fingerprint density at radius 1 is 1.30 bits per heavy atom. The predicted molar refractivity (Wildman–Crippen MR) is 84.2 cm³/mol. The van der Waals surface area contributed by atoms with E-state index in [4.69, 9.17) is 0 Å². The second kappa shape index (κ2) is 5.52. The van der Waals surface area contributed by atoms with Crippen molar-refractivity contribution in [2.24, 2.45) is 5.41 Å². The summed E-state index contributed by atoms with van der Waals surface area (Å²) in [5.41, 5.74) is 0.849. The van der Waals surface area contributed by atoms with Gasteiger partial charge in [0, 0.05) is 23.5 Å². The number of fused-ring (bicyclic) bond motifs is 1. The van der Waals surface area contributed by atoms with Crippen molar-refractivity contribution in [1.82, 2.24) is 10.3 Å². The Labute approximate surface area is 126 Å². The number of hydrogen-bond acceptors (Lipinski definition) is 2. The second-order valence-electron chi connectivity index (χ2n) is 5.50. The third kappa shape index (κ3) is 2.70. The molecule has 1 N–H and O–H groups in total. The highest BCUT2D eigenvalue weighted by atomic mass is 79.9. The smallest absolute Gasteiger partial charge is 0.270 e. The lowest BCUT2D eigenvalue weighted by Crippen LogP contribution is -2.31. The van der Waals surface area contributed by atoms with Gasteiger partial charge in [0.15, 0.2) is 0 Å². The SMILES string of the molecule is O=C(NCC1(CCBr)CC1)c1nccc2ccccc12. The molecule has 3 rings (SSSR count). The highest BCUT2D eigenvalue weighted by Crippen LogP contribution is 2.48. The average molecular weight is 333 g/mol. The van der Waals surface area contributed by atoms with E-state index < -0.39 is 0 Å². The largest absolute Gasteiger partial charge is 0.350 e. The van der Waals surface area contributed by atoms with Gasteiger partial charge in [0.1, 0.15) is 5.69 Å². The van der Waals surface area contributed by atoms with E-state index in [0.29, 0.717) is 11.1 Å². The molecule has 104 valence electrons. The predicted octanol–water partition coefficient (Wildman–Crippen LogP) is 3.53. The molecule has 1 saturated carbocycles. The van der Waals surface area contributed by atoms with Crippen LogP contribution < -0.4 is 5.32 Å². The van der Waals surface area contributed by atoms with E-state index >= 15 is 0 Å². The molecule has 3 nitrogen and oxygen atoms in total. The summed E-state index contributed by atoms with van der Waals surface area (Å²) in [5, 5.41) is 6.02. The van der Waals surface area contributed by atoms with E-state index in [1.54, 1.807) is 6.20 Å². The maximum absolute atomic E-state index is 12.4. The second-order valence-corrected chi connectivity index (χ2v) is 6.30. The molecule has 0 bridgehead atoms. The minimum Gasteiger partial charge on any atom is -0.350 e. The monoisotopic (exact) mass is 332 g/mol. The molecule has 1 aromatic carbocycles. The molecule has 0 unspecified atom stereocenters. The topological polar surface area (TPSA) is 42.0 Å². The molecule has 4 heteroatoms. The van der Waals surface area contributed by atoms with Crippen LogP contribution in [0, 0.1) is 5.41 Å². The first-order chi connectivity index (χ1) is 9.74. The van der Waals surface area contributed by atoms with Crippen molar-refractivity contribution in [3.05, 3.63) is 42.2 Å². The van der Waals surface area contributed by atoms with Crippen molar-refractivity contribution in [3.63, 3.8) is 0 Å². The number of alkyl halides is 1. The quantitative estimate of drug-likeness (QED) is 0.851. The maximum atomic E-state index is 12.4. The van der Waals surface area contributed by atoms with Crippen LogP contribution in [-0.2, 0) is 0 Å². The van der Waals surface area contributed by atoms with Gasteiger partial charge in [-0.25, -0.2) is 0 Å². The van der Waals surface area contributed by atoms with Crippen LogP contribution in [-0.4, -0.2) is 22.8 Å². The van der Waals surface area contributed by atoms with Gasteiger partial charge in [0.2, 0.25) is 0 Å². The minimum absolute atomic E-state index is 0.0670. The zero-order valence-corrected chi connectivity index (χ0v) is 12.8. The van der Waals surface area contributed by atoms with Crippen LogP contribution in [0.2, 0.25) is 0 Å². The van der Waals surface area contributed by atoms with E-state index in [1.165, 1.54) is 12.8 Å². The highest BCUT2D eigenvalue weighted by Gasteiger charge is 2.41. The number of nitrogens with one attached hydrogen (secondary N) is 1. The molecule has 1 fully saturated rings. The van der Waals surface area contributed by atoms with Gasteiger partial charge in [0.25, 0.3) is 5.91 Å². The van der Waals surface area contributed by atoms with Gasteiger partial charge >= 0.3 is 0 Å². The number of amides is 1. The Kier molecular flexibility index (Phi) is 3.74. The molecule has 0 atom stereocenters. The lowest BCUT2D eigenvalue weighted by molar-refractivity contribution is 0.0941. The molecule has 1 aliphatic carbocycles. The van der Waals surface area contributed by atoms with Crippen molar-refractivity contribution in [1.29, 1.82) is 0 Å². The lowest BCUT2D eigenvalue weighted by Gasteiger charge is -2.14. The van der Waals surface area contributed by atoms with Crippen LogP contribution in [0.3, 0.4) is 0 Å². The van der Waals surface area contributed by atoms with E-state index in [1.807, 2.05) is 30.3 Å². The summed E-state index contributed by atoms with van der Waals surface area (Å²) in [7, 11) is 0. The number of carbonyl (C=O) groups excluding carboxylic acids is 1. The maximum Gasteiger partial charge on any atom is 0.270 e. The average Bonchev–Trinajstić information content (AvgIpc) is 3.25. The Hall–Kier alpha value is -1.42. The van der Waals surface area contributed by atoms with Crippen molar-refractivity contribution < 1.29 is 4.79 Å². The number of aromatic nitrogens is 1. The number of nitrogens with zero attached hydrogens (tertiary/aromatic N) is 1. The Balaban J connectivity index is 1.76. The number of carbonyl (C=O) groups is 1. The van der Waals surface area contributed by atoms with E-state index in [2.05, 4.69) is 26.2 Å². The van der Waals surface area contributed by atoms with Crippen LogP contribution in [0.5, 0.6) is 0 Å². The molecule has 1 heterocycles. The molecule has 2 aromatic rings. The molecule has 20 heavy (non-hydrogen) atoms. The third-order valence-corrected chi connectivity index (χ3v) is 4.49. The first-order valence-corrected chi connectivity index (χ1v) is 8.04. The fourth-order valence-electron chi connectivity index (χ4n) is 2.54. The lowest BCUT2D eigenvalue weighted by atomic mass is 10.0. The normalized spacial score (nSPS) is 16.1. The number of benzene rings is 1. The zero-order chi connectivity index (χ0) is 14.0. The molecule has 1 amide bonds. The van der Waals surface area contributed by atoms with Crippen LogP contribution in [0.1, 0.15) is 29.8 Å². The van der Waals surface area contributed by atoms with Crippen molar-refractivity contribution in [2.45, 2.75) is 19.3 Å². The summed E-state index contributed by atoms with van der Waals surface area (Å²) in [4.78, 5) is 16.6. The van der Waals surface area contributed by atoms with Gasteiger partial charge in [-0.2, -0.15) is 0 Å². The molecule has 1 aromatic heterocycles. The van der Waals surface area contributed by atoms with E-state index in [-0.39, 0.29) is 5.91 Å². The Bertz CT molecular complexity index is 632. The van der Waals surface area contributed by atoms with Gasteiger partial charge in [-0.3, -0.25) is 9.78 Å². The molecule has 0 radical (unpaired) electrons. The number of halogens is 1. The fraction of sp³-hybridized carbons (Fsp3) is 0.375. The van der Waals surface area contributed by atoms with E-state index in [9.17, 15) is 4.79 Å². The summed E-state index contributed by atoms with van der Waals surface area (Å²) in [6.07, 6.45) is 5.24. The number of rotatable bonds is 5. The van der Waals surface area contributed by atoms with Gasteiger partial charge in [0.05, 0.1) is 0 Å². The first kappa shape index (κ1) is 13.6. The summed E-state index contributed by atoms with van der Waals surface area (Å²) < 4.78 is 0. The first-order valence-electron chi connectivity index (χ1n) is 6.92.